The summed E-state index contributed by atoms with van der Waals surface area (Å²) in [6.45, 7) is 6.47. The standard InChI is InChI=1S/C19H22/c1-15-9-13-19(14-10-15)17(3)12-11-16(2)18-7-5-4-6-8-18/h5,7-14H,4,6H2,1-3H3/b16-11+,17-12+. The van der Waals surface area contributed by atoms with Crippen LogP contribution in [0.1, 0.15) is 37.8 Å². The Morgan fingerprint density at radius 3 is 2.26 bits per heavy atom. The zero-order chi connectivity index (χ0) is 13.7. The van der Waals surface area contributed by atoms with Crippen molar-refractivity contribution in [3.63, 3.8) is 0 Å². The summed E-state index contributed by atoms with van der Waals surface area (Å²) in [5.74, 6) is 0. The van der Waals surface area contributed by atoms with Gasteiger partial charge in [-0.3, -0.25) is 0 Å². The Bertz CT molecular complexity index is 548. The maximum Gasteiger partial charge on any atom is -0.0227 e. The van der Waals surface area contributed by atoms with E-state index in [2.05, 4.69) is 75.4 Å². The summed E-state index contributed by atoms with van der Waals surface area (Å²) in [5.41, 5.74) is 6.60. The monoisotopic (exact) mass is 250 g/mol. The molecule has 0 radical (unpaired) electrons. The molecule has 0 heteroatoms. The fourth-order valence-corrected chi connectivity index (χ4v) is 2.16. The first-order valence-corrected chi connectivity index (χ1v) is 6.96. The van der Waals surface area contributed by atoms with E-state index < -0.39 is 0 Å². The molecule has 0 spiro atoms. The van der Waals surface area contributed by atoms with Crippen LogP contribution in [0.15, 0.2) is 65.8 Å². The minimum atomic E-state index is 1.16. The molecule has 0 aromatic heterocycles. The summed E-state index contributed by atoms with van der Waals surface area (Å²) in [4.78, 5) is 0. The highest BCUT2D eigenvalue weighted by Gasteiger charge is 1.99. The lowest BCUT2D eigenvalue weighted by atomic mass is 9.99. The molecule has 0 fully saturated rings. The predicted octanol–water partition coefficient (Wildman–Crippen LogP) is 5.62. The van der Waals surface area contributed by atoms with Gasteiger partial charge in [0.2, 0.25) is 0 Å². The van der Waals surface area contributed by atoms with Crippen molar-refractivity contribution >= 4 is 5.57 Å². The van der Waals surface area contributed by atoms with Crippen molar-refractivity contribution in [1.82, 2.24) is 0 Å². The molecule has 0 heterocycles. The maximum absolute atomic E-state index is 2.32. The molecular weight excluding hydrogens is 228 g/mol. The van der Waals surface area contributed by atoms with E-state index >= 15 is 0 Å². The van der Waals surface area contributed by atoms with Gasteiger partial charge in [0.1, 0.15) is 0 Å². The second-order valence-electron chi connectivity index (χ2n) is 5.20. The smallest absolute Gasteiger partial charge is 0.0227 e. The van der Waals surface area contributed by atoms with E-state index in [0.717, 1.165) is 6.42 Å². The molecule has 0 saturated heterocycles. The third-order valence-corrected chi connectivity index (χ3v) is 3.54. The fourth-order valence-electron chi connectivity index (χ4n) is 2.16. The van der Waals surface area contributed by atoms with Crippen LogP contribution >= 0.6 is 0 Å². The molecule has 2 rings (SSSR count). The van der Waals surface area contributed by atoms with E-state index in [1.165, 1.54) is 34.3 Å². The molecule has 1 aliphatic rings. The first kappa shape index (κ1) is 13.6. The molecule has 0 saturated carbocycles. The summed E-state index contributed by atoms with van der Waals surface area (Å²) in [7, 11) is 0. The van der Waals surface area contributed by atoms with E-state index in [4.69, 9.17) is 0 Å². The third kappa shape index (κ3) is 3.82. The van der Waals surface area contributed by atoms with Gasteiger partial charge in [-0.05, 0) is 55.9 Å². The van der Waals surface area contributed by atoms with Gasteiger partial charge in [-0.2, -0.15) is 0 Å². The van der Waals surface area contributed by atoms with Crippen LogP contribution in [-0.2, 0) is 0 Å². The van der Waals surface area contributed by atoms with Crippen LogP contribution in [0, 0.1) is 6.92 Å². The van der Waals surface area contributed by atoms with Gasteiger partial charge in [-0.15, -0.1) is 0 Å². The van der Waals surface area contributed by atoms with Crippen molar-refractivity contribution in [2.75, 3.05) is 0 Å². The highest BCUT2D eigenvalue weighted by molar-refractivity contribution is 5.66. The van der Waals surface area contributed by atoms with Crippen LogP contribution in [-0.4, -0.2) is 0 Å². The Labute approximate surface area is 116 Å². The van der Waals surface area contributed by atoms with Crippen molar-refractivity contribution in [1.29, 1.82) is 0 Å². The molecule has 1 aromatic carbocycles. The minimum Gasteiger partial charge on any atom is -0.0836 e. The van der Waals surface area contributed by atoms with Gasteiger partial charge in [-0.1, -0.05) is 60.2 Å². The van der Waals surface area contributed by atoms with Crippen LogP contribution in [0.25, 0.3) is 5.57 Å². The Morgan fingerprint density at radius 2 is 1.63 bits per heavy atom. The number of hydrogen-bond acceptors (Lipinski definition) is 0. The number of rotatable bonds is 3. The van der Waals surface area contributed by atoms with Crippen molar-refractivity contribution in [2.45, 2.75) is 33.6 Å². The van der Waals surface area contributed by atoms with Gasteiger partial charge in [0.05, 0.1) is 0 Å². The highest BCUT2D eigenvalue weighted by Crippen LogP contribution is 2.19. The molecule has 0 unspecified atom stereocenters. The average molecular weight is 250 g/mol. The molecule has 0 N–H and O–H groups in total. The number of benzene rings is 1. The van der Waals surface area contributed by atoms with Crippen LogP contribution < -0.4 is 0 Å². The zero-order valence-electron chi connectivity index (χ0n) is 12.1. The normalized spacial score (nSPS) is 16.5. The zero-order valence-corrected chi connectivity index (χ0v) is 12.1. The maximum atomic E-state index is 2.32. The van der Waals surface area contributed by atoms with Crippen LogP contribution in [0.5, 0.6) is 0 Å². The Kier molecular flexibility index (Phi) is 4.57. The minimum absolute atomic E-state index is 1.16. The molecule has 0 atom stereocenters. The van der Waals surface area contributed by atoms with Crippen molar-refractivity contribution in [3.8, 4) is 0 Å². The van der Waals surface area contributed by atoms with Crippen molar-refractivity contribution in [2.24, 2.45) is 0 Å². The number of allylic oxidation sites excluding steroid dienone is 8. The summed E-state index contributed by atoms with van der Waals surface area (Å²) in [5, 5.41) is 0. The van der Waals surface area contributed by atoms with Crippen molar-refractivity contribution in [3.05, 3.63) is 76.9 Å². The summed E-state index contributed by atoms with van der Waals surface area (Å²) >= 11 is 0. The molecule has 19 heavy (non-hydrogen) atoms. The van der Waals surface area contributed by atoms with E-state index in [1.807, 2.05) is 0 Å². The van der Waals surface area contributed by atoms with Gasteiger partial charge in [0.25, 0.3) is 0 Å². The fraction of sp³-hybridized carbons (Fsp3) is 0.263. The van der Waals surface area contributed by atoms with Gasteiger partial charge in [0, 0.05) is 0 Å². The third-order valence-electron chi connectivity index (χ3n) is 3.54. The molecule has 0 bridgehead atoms. The Balaban J connectivity index is 2.14. The second-order valence-corrected chi connectivity index (χ2v) is 5.20. The van der Waals surface area contributed by atoms with E-state index in [9.17, 15) is 0 Å². The lowest BCUT2D eigenvalue weighted by Gasteiger charge is -2.07. The first-order valence-electron chi connectivity index (χ1n) is 6.96. The van der Waals surface area contributed by atoms with Gasteiger partial charge in [-0.25, -0.2) is 0 Å². The molecule has 1 aromatic rings. The first-order chi connectivity index (χ1) is 9.16. The average Bonchev–Trinajstić information content (AvgIpc) is 2.46. The molecule has 0 amide bonds. The van der Waals surface area contributed by atoms with Crippen LogP contribution in [0.2, 0.25) is 0 Å². The van der Waals surface area contributed by atoms with Gasteiger partial charge in [0.15, 0.2) is 0 Å². The van der Waals surface area contributed by atoms with E-state index in [-0.39, 0.29) is 0 Å². The second kappa shape index (κ2) is 6.38. The van der Waals surface area contributed by atoms with E-state index in [1.54, 1.807) is 0 Å². The summed E-state index contributed by atoms with van der Waals surface area (Å²) in [6.07, 6.45) is 13.6. The lowest BCUT2D eigenvalue weighted by Crippen LogP contribution is -1.86. The van der Waals surface area contributed by atoms with Gasteiger partial charge >= 0.3 is 0 Å². The highest BCUT2D eigenvalue weighted by atomic mass is 14.0. The van der Waals surface area contributed by atoms with Crippen molar-refractivity contribution < 1.29 is 0 Å². The topological polar surface area (TPSA) is 0 Å². The molecule has 0 aliphatic heterocycles. The SMILES string of the molecule is C/C(=C\C=C(/C)c1ccc(C)cc1)C1=CCCC=C1. The molecule has 98 valence electrons. The quantitative estimate of drug-likeness (QED) is 0.611. The summed E-state index contributed by atoms with van der Waals surface area (Å²) in [6, 6.07) is 8.69. The Hall–Kier alpha value is -1.82. The predicted molar refractivity (Wildman–Crippen MR) is 85.0 cm³/mol. The summed E-state index contributed by atoms with van der Waals surface area (Å²) < 4.78 is 0. The molecule has 0 nitrogen and oxygen atoms in total. The van der Waals surface area contributed by atoms with Crippen LogP contribution in [0.4, 0.5) is 0 Å². The lowest BCUT2D eigenvalue weighted by molar-refractivity contribution is 1.02. The van der Waals surface area contributed by atoms with Crippen LogP contribution in [0.3, 0.4) is 0 Å². The Morgan fingerprint density at radius 1 is 0.947 bits per heavy atom. The molecule has 1 aliphatic carbocycles. The van der Waals surface area contributed by atoms with E-state index in [0.29, 0.717) is 0 Å². The number of aryl methyl sites for hydroxylation is 1. The largest absolute Gasteiger partial charge is 0.0836 e. The van der Waals surface area contributed by atoms with Gasteiger partial charge < -0.3 is 0 Å². The molecular formula is C19H22. The number of hydrogen-bond donors (Lipinski definition) is 0.